The standard InChI is InChI=1S/C8H11BrN2O2/c1-8(10,4-12)5-2-11-3-6(9)7(5)13/h2-3,12H,4,10H2,1H3,(H,11,13)/t8-/m1/s1. The molecule has 1 aromatic heterocycles. The summed E-state index contributed by atoms with van der Waals surface area (Å²) in [6.07, 6.45) is 3.03. The molecule has 0 unspecified atom stereocenters. The monoisotopic (exact) mass is 246 g/mol. The summed E-state index contributed by atoms with van der Waals surface area (Å²) in [4.78, 5) is 14.3. The number of aromatic amines is 1. The first-order valence-electron chi connectivity index (χ1n) is 3.76. The van der Waals surface area contributed by atoms with Crippen LogP contribution in [0.5, 0.6) is 0 Å². The van der Waals surface area contributed by atoms with Gasteiger partial charge in [-0.1, -0.05) is 0 Å². The van der Waals surface area contributed by atoms with E-state index >= 15 is 0 Å². The maximum atomic E-state index is 11.5. The molecule has 1 heterocycles. The van der Waals surface area contributed by atoms with Gasteiger partial charge in [-0.3, -0.25) is 4.79 Å². The van der Waals surface area contributed by atoms with Crippen LogP contribution in [0.1, 0.15) is 12.5 Å². The fourth-order valence-corrected chi connectivity index (χ4v) is 1.31. The van der Waals surface area contributed by atoms with Gasteiger partial charge < -0.3 is 15.8 Å². The van der Waals surface area contributed by atoms with E-state index in [4.69, 9.17) is 10.8 Å². The van der Waals surface area contributed by atoms with Crippen molar-refractivity contribution in [2.75, 3.05) is 6.61 Å². The zero-order valence-corrected chi connectivity index (χ0v) is 8.76. The second-order valence-electron chi connectivity index (χ2n) is 3.12. The van der Waals surface area contributed by atoms with E-state index in [1.807, 2.05) is 0 Å². The first-order valence-corrected chi connectivity index (χ1v) is 4.55. The zero-order chi connectivity index (χ0) is 10.1. The summed E-state index contributed by atoms with van der Waals surface area (Å²) in [6.45, 7) is 1.33. The first kappa shape index (κ1) is 10.4. The van der Waals surface area contributed by atoms with Gasteiger partial charge in [0.25, 0.3) is 0 Å². The third kappa shape index (κ3) is 1.99. The van der Waals surface area contributed by atoms with Crippen molar-refractivity contribution in [3.63, 3.8) is 0 Å². The van der Waals surface area contributed by atoms with E-state index in [0.717, 1.165) is 0 Å². The number of pyridine rings is 1. The molecule has 0 aliphatic carbocycles. The van der Waals surface area contributed by atoms with Crippen LogP contribution in [0.2, 0.25) is 0 Å². The van der Waals surface area contributed by atoms with Crippen molar-refractivity contribution in [2.45, 2.75) is 12.5 Å². The first-order chi connectivity index (χ1) is 5.99. The van der Waals surface area contributed by atoms with Crippen molar-refractivity contribution in [1.29, 1.82) is 0 Å². The molecule has 72 valence electrons. The van der Waals surface area contributed by atoms with E-state index in [0.29, 0.717) is 10.0 Å². The molecular weight excluding hydrogens is 236 g/mol. The number of rotatable bonds is 2. The highest BCUT2D eigenvalue weighted by atomic mass is 79.9. The predicted octanol–water partition coefficient (Wildman–Crippen LogP) is 0.304. The lowest BCUT2D eigenvalue weighted by atomic mass is 9.96. The molecular formula is C8H11BrN2O2. The Bertz CT molecular complexity index is 359. The average Bonchev–Trinajstić information content (AvgIpc) is 2.09. The third-order valence-corrected chi connectivity index (χ3v) is 2.43. The summed E-state index contributed by atoms with van der Waals surface area (Å²) in [5.41, 5.74) is 4.88. The topological polar surface area (TPSA) is 79.1 Å². The van der Waals surface area contributed by atoms with Crippen LogP contribution in [0.3, 0.4) is 0 Å². The van der Waals surface area contributed by atoms with Crippen LogP contribution >= 0.6 is 15.9 Å². The van der Waals surface area contributed by atoms with Crippen molar-refractivity contribution in [2.24, 2.45) is 5.73 Å². The zero-order valence-electron chi connectivity index (χ0n) is 7.17. The van der Waals surface area contributed by atoms with E-state index in [-0.39, 0.29) is 12.0 Å². The second kappa shape index (κ2) is 3.61. The molecule has 0 bridgehead atoms. The Morgan fingerprint density at radius 2 is 2.31 bits per heavy atom. The normalized spacial score (nSPS) is 15.4. The minimum atomic E-state index is -1.00. The smallest absolute Gasteiger partial charge is 0.200 e. The summed E-state index contributed by atoms with van der Waals surface area (Å²) in [6, 6.07) is 0. The summed E-state index contributed by atoms with van der Waals surface area (Å²) in [5.74, 6) is 0. The molecule has 0 saturated carbocycles. The Balaban J connectivity index is 3.31. The summed E-state index contributed by atoms with van der Waals surface area (Å²) in [5, 5.41) is 8.97. The average molecular weight is 247 g/mol. The Kier molecular flexibility index (Phi) is 2.90. The molecule has 1 rings (SSSR count). The van der Waals surface area contributed by atoms with Crippen molar-refractivity contribution >= 4 is 15.9 Å². The molecule has 0 spiro atoms. The lowest BCUT2D eigenvalue weighted by Crippen LogP contribution is -2.41. The van der Waals surface area contributed by atoms with Crippen LogP contribution in [0.15, 0.2) is 21.7 Å². The van der Waals surface area contributed by atoms with Gasteiger partial charge >= 0.3 is 0 Å². The van der Waals surface area contributed by atoms with Crippen LogP contribution in [0.4, 0.5) is 0 Å². The molecule has 0 aliphatic rings. The Morgan fingerprint density at radius 1 is 1.69 bits per heavy atom. The van der Waals surface area contributed by atoms with Crippen LogP contribution in [-0.2, 0) is 5.54 Å². The lowest BCUT2D eigenvalue weighted by Gasteiger charge is -2.20. The molecule has 13 heavy (non-hydrogen) atoms. The van der Waals surface area contributed by atoms with Crippen molar-refractivity contribution in [1.82, 2.24) is 4.98 Å². The maximum absolute atomic E-state index is 11.5. The highest BCUT2D eigenvalue weighted by Crippen LogP contribution is 2.13. The largest absolute Gasteiger partial charge is 0.394 e. The van der Waals surface area contributed by atoms with Gasteiger partial charge in [-0.15, -0.1) is 0 Å². The highest BCUT2D eigenvalue weighted by Gasteiger charge is 2.23. The molecule has 4 nitrogen and oxygen atoms in total. The molecule has 5 heteroatoms. The number of aliphatic hydroxyl groups excluding tert-OH is 1. The van der Waals surface area contributed by atoms with Gasteiger partial charge in [0, 0.05) is 18.0 Å². The van der Waals surface area contributed by atoms with Gasteiger partial charge in [0.15, 0.2) is 0 Å². The van der Waals surface area contributed by atoms with E-state index < -0.39 is 5.54 Å². The summed E-state index contributed by atoms with van der Waals surface area (Å²) in [7, 11) is 0. The Morgan fingerprint density at radius 3 is 2.85 bits per heavy atom. The molecule has 0 aromatic carbocycles. The Hall–Kier alpha value is -0.650. The van der Waals surface area contributed by atoms with Crippen LogP contribution in [0.25, 0.3) is 0 Å². The molecule has 0 radical (unpaired) electrons. The van der Waals surface area contributed by atoms with Gasteiger partial charge in [-0.05, 0) is 22.9 Å². The van der Waals surface area contributed by atoms with E-state index in [1.165, 1.54) is 12.4 Å². The number of nitrogens with one attached hydrogen (secondary N) is 1. The molecule has 1 atom stereocenters. The van der Waals surface area contributed by atoms with Gasteiger partial charge in [0.05, 0.1) is 16.6 Å². The quantitative estimate of drug-likeness (QED) is 0.703. The number of aliphatic hydroxyl groups is 1. The summed E-state index contributed by atoms with van der Waals surface area (Å²) < 4.78 is 0.412. The SMILES string of the molecule is C[C@@](N)(CO)c1c[nH]cc(Br)c1=O. The predicted molar refractivity (Wildman–Crippen MR) is 53.4 cm³/mol. The highest BCUT2D eigenvalue weighted by molar-refractivity contribution is 9.10. The number of hydrogen-bond donors (Lipinski definition) is 3. The molecule has 0 aliphatic heterocycles. The molecule has 0 amide bonds. The van der Waals surface area contributed by atoms with Gasteiger partial charge in [-0.25, -0.2) is 0 Å². The lowest BCUT2D eigenvalue weighted by molar-refractivity contribution is 0.209. The number of hydrogen-bond acceptors (Lipinski definition) is 3. The fraction of sp³-hybridized carbons (Fsp3) is 0.375. The molecule has 0 saturated heterocycles. The van der Waals surface area contributed by atoms with Gasteiger partial charge in [-0.2, -0.15) is 0 Å². The number of halogens is 1. The van der Waals surface area contributed by atoms with Gasteiger partial charge in [0.2, 0.25) is 5.43 Å². The molecule has 1 aromatic rings. The van der Waals surface area contributed by atoms with Crippen molar-refractivity contribution in [3.05, 3.63) is 32.7 Å². The van der Waals surface area contributed by atoms with Crippen LogP contribution in [0, 0.1) is 0 Å². The maximum Gasteiger partial charge on any atom is 0.200 e. The van der Waals surface area contributed by atoms with Crippen molar-refractivity contribution < 1.29 is 5.11 Å². The van der Waals surface area contributed by atoms with E-state index in [2.05, 4.69) is 20.9 Å². The minimum Gasteiger partial charge on any atom is -0.394 e. The van der Waals surface area contributed by atoms with E-state index in [9.17, 15) is 4.79 Å². The number of nitrogens with two attached hydrogens (primary N) is 1. The fourth-order valence-electron chi connectivity index (χ4n) is 0.967. The molecule has 4 N–H and O–H groups in total. The third-order valence-electron chi connectivity index (χ3n) is 1.84. The number of aromatic nitrogens is 1. The van der Waals surface area contributed by atoms with Crippen LogP contribution < -0.4 is 11.2 Å². The van der Waals surface area contributed by atoms with Gasteiger partial charge in [0.1, 0.15) is 0 Å². The summed E-state index contributed by atoms with van der Waals surface area (Å²) >= 11 is 3.09. The number of H-pyrrole nitrogens is 1. The Labute approximate surface area is 83.9 Å². The van der Waals surface area contributed by atoms with Crippen molar-refractivity contribution in [3.8, 4) is 0 Å². The minimum absolute atomic E-state index is 0.196. The van der Waals surface area contributed by atoms with Crippen LogP contribution in [-0.4, -0.2) is 16.7 Å². The van der Waals surface area contributed by atoms with E-state index in [1.54, 1.807) is 6.92 Å². The molecule has 0 fully saturated rings. The second-order valence-corrected chi connectivity index (χ2v) is 3.98.